The summed E-state index contributed by atoms with van der Waals surface area (Å²) in [5, 5.41) is 6.05. The van der Waals surface area contributed by atoms with E-state index in [1.54, 1.807) is 6.07 Å². The SMILES string of the molecule is O=C(NCC1CCCO1)c1cc(NCc2ccc3c(c2)OCO3)ncn1. The molecule has 0 radical (unpaired) electrons. The topological polar surface area (TPSA) is 94.6 Å². The molecule has 26 heavy (non-hydrogen) atoms. The molecule has 8 nitrogen and oxygen atoms in total. The summed E-state index contributed by atoms with van der Waals surface area (Å²) in [7, 11) is 0. The Morgan fingerprint density at radius 1 is 1.19 bits per heavy atom. The first kappa shape index (κ1) is 16.6. The van der Waals surface area contributed by atoms with Crippen molar-refractivity contribution in [3.8, 4) is 11.5 Å². The minimum absolute atomic E-state index is 0.101. The number of amides is 1. The summed E-state index contributed by atoms with van der Waals surface area (Å²) in [6, 6.07) is 7.39. The molecular weight excluding hydrogens is 336 g/mol. The summed E-state index contributed by atoms with van der Waals surface area (Å²) in [4.78, 5) is 20.5. The maximum atomic E-state index is 12.2. The van der Waals surface area contributed by atoms with Gasteiger partial charge in [-0.15, -0.1) is 0 Å². The van der Waals surface area contributed by atoms with E-state index in [0.29, 0.717) is 24.6 Å². The average Bonchev–Trinajstić information content (AvgIpc) is 3.35. The Kier molecular flexibility index (Phi) is 4.83. The number of aromatic nitrogens is 2. The Morgan fingerprint density at radius 3 is 3.00 bits per heavy atom. The lowest BCUT2D eigenvalue weighted by atomic mass is 10.2. The van der Waals surface area contributed by atoms with Gasteiger partial charge < -0.3 is 24.8 Å². The van der Waals surface area contributed by atoms with Crippen LogP contribution in [-0.4, -0.2) is 41.9 Å². The van der Waals surface area contributed by atoms with Crippen LogP contribution in [-0.2, 0) is 11.3 Å². The van der Waals surface area contributed by atoms with E-state index in [1.165, 1.54) is 6.33 Å². The summed E-state index contributed by atoms with van der Waals surface area (Å²) in [5.41, 5.74) is 1.35. The summed E-state index contributed by atoms with van der Waals surface area (Å²) in [6.07, 6.45) is 3.50. The van der Waals surface area contributed by atoms with Crippen molar-refractivity contribution in [2.45, 2.75) is 25.5 Å². The third-order valence-corrected chi connectivity index (χ3v) is 4.32. The monoisotopic (exact) mass is 356 g/mol. The number of nitrogens with zero attached hydrogens (tertiary/aromatic N) is 2. The van der Waals surface area contributed by atoms with Crippen LogP contribution < -0.4 is 20.1 Å². The van der Waals surface area contributed by atoms with Crippen molar-refractivity contribution in [3.05, 3.63) is 41.9 Å². The Bertz CT molecular complexity index is 793. The molecule has 0 bridgehead atoms. The van der Waals surface area contributed by atoms with Crippen LogP contribution in [0.15, 0.2) is 30.6 Å². The van der Waals surface area contributed by atoms with E-state index in [-0.39, 0.29) is 18.8 Å². The summed E-state index contributed by atoms with van der Waals surface area (Å²) < 4.78 is 16.2. The second kappa shape index (κ2) is 7.57. The Labute approximate surface area is 150 Å². The number of ether oxygens (including phenoxy) is 3. The van der Waals surface area contributed by atoms with Gasteiger partial charge in [0.2, 0.25) is 6.79 Å². The summed E-state index contributed by atoms with van der Waals surface area (Å²) >= 11 is 0. The van der Waals surface area contributed by atoms with Crippen molar-refractivity contribution in [2.24, 2.45) is 0 Å². The molecule has 3 heterocycles. The highest BCUT2D eigenvalue weighted by Gasteiger charge is 2.17. The number of nitrogens with one attached hydrogen (secondary N) is 2. The smallest absolute Gasteiger partial charge is 0.270 e. The molecule has 2 N–H and O–H groups in total. The molecule has 1 unspecified atom stereocenters. The van der Waals surface area contributed by atoms with Gasteiger partial charge in [-0.2, -0.15) is 0 Å². The number of carbonyl (C=O) groups is 1. The van der Waals surface area contributed by atoms with Gasteiger partial charge in [0.15, 0.2) is 11.5 Å². The number of carbonyl (C=O) groups excluding carboxylic acids is 1. The van der Waals surface area contributed by atoms with Crippen LogP contribution in [0.2, 0.25) is 0 Å². The Morgan fingerprint density at radius 2 is 2.12 bits per heavy atom. The molecule has 4 rings (SSSR count). The molecule has 2 aromatic rings. The van der Waals surface area contributed by atoms with E-state index in [4.69, 9.17) is 14.2 Å². The van der Waals surface area contributed by atoms with Gasteiger partial charge in [0.05, 0.1) is 6.10 Å². The predicted molar refractivity (Wildman–Crippen MR) is 93.2 cm³/mol. The van der Waals surface area contributed by atoms with Crippen LogP contribution in [0.25, 0.3) is 0 Å². The third kappa shape index (κ3) is 3.85. The van der Waals surface area contributed by atoms with Crippen LogP contribution in [0.3, 0.4) is 0 Å². The molecule has 2 aliphatic heterocycles. The average molecular weight is 356 g/mol. The molecule has 1 aromatic heterocycles. The highest BCUT2D eigenvalue weighted by atomic mass is 16.7. The highest BCUT2D eigenvalue weighted by Crippen LogP contribution is 2.32. The van der Waals surface area contributed by atoms with E-state index in [2.05, 4.69) is 20.6 Å². The number of fused-ring (bicyclic) bond motifs is 1. The van der Waals surface area contributed by atoms with Gasteiger partial charge in [-0.3, -0.25) is 4.79 Å². The van der Waals surface area contributed by atoms with Gasteiger partial charge in [-0.05, 0) is 30.5 Å². The van der Waals surface area contributed by atoms with E-state index in [0.717, 1.165) is 36.5 Å². The zero-order valence-corrected chi connectivity index (χ0v) is 14.2. The van der Waals surface area contributed by atoms with Crippen molar-refractivity contribution >= 4 is 11.7 Å². The van der Waals surface area contributed by atoms with Crippen molar-refractivity contribution in [3.63, 3.8) is 0 Å². The molecule has 1 amide bonds. The lowest BCUT2D eigenvalue weighted by Gasteiger charge is -2.11. The maximum absolute atomic E-state index is 12.2. The van der Waals surface area contributed by atoms with Crippen molar-refractivity contribution in [2.75, 3.05) is 25.3 Å². The van der Waals surface area contributed by atoms with Gasteiger partial charge in [-0.1, -0.05) is 6.07 Å². The zero-order chi connectivity index (χ0) is 17.8. The molecule has 2 aliphatic rings. The fourth-order valence-electron chi connectivity index (χ4n) is 2.92. The summed E-state index contributed by atoms with van der Waals surface area (Å²) in [5.74, 6) is 1.84. The van der Waals surface area contributed by atoms with Crippen LogP contribution in [0.5, 0.6) is 11.5 Å². The van der Waals surface area contributed by atoms with E-state index < -0.39 is 0 Å². The normalized spacial score (nSPS) is 17.9. The van der Waals surface area contributed by atoms with E-state index in [1.807, 2.05) is 18.2 Å². The van der Waals surface area contributed by atoms with Gasteiger partial charge in [0.25, 0.3) is 5.91 Å². The van der Waals surface area contributed by atoms with Crippen molar-refractivity contribution in [1.29, 1.82) is 0 Å². The Balaban J connectivity index is 1.34. The molecule has 136 valence electrons. The number of benzene rings is 1. The van der Waals surface area contributed by atoms with E-state index in [9.17, 15) is 4.79 Å². The molecule has 0 aliphatic carbocycles. The lowest BCUT2D eigenvalue weighted by Crippen LogP contribution is -2.32. The molecule has 1 atom stereocenters. The molecule has 8 heteroatoms. The van der Waals surface area contributed by atoms with Crippen LogP contribution >= 0.6 is 0 Å². The highest BCUT2D eigenvalue weighted by molar-refractivity contribution is 5.92. The van der Waals surface area contributed by atoms with Gasteiger partial charge in [0.1, 0.15) is 17.8 Å². The van der Waals surface area contributed by atoms with Crippen LogP contribution in [0.1, 0.15) is 28.9 Å². The molecule has 1 aromatic carbocycles. The minimum Gasteiger partial charge on any atom is -0.454 e. The predicted octanol–water partition coefficient (Wildman–Crippen LogP) is 1.73. The van der Waals surface area contributed by atoms with Gasteiger partial charge >= 0.3 is 0 Å². The quantitative estimate of drug-likeness (QED) is 0.814. The zero-order valence-electron chi connectivity index (χ0n) is 14.2. The van der Waals surface area contributed by atoms with Gasteiger partial charge in [0, 0.05) is 25.8 Å². The molecule has 0 spiro atoms. The Hall–Kier alpha value is -2.87. The summed E-state index contributed by atoms with van der Waals surface area (Å²) in [6.45, 7) is 2.07. The number of hydrogen-bond acceptors (Lipinski definition) is 7. The first-order valence-corrected chi connectivity index (χ1v) is 8.62. The second-order valence-electron chi connectivity index (χ2n) is 6.17. The van der Waals surface area contributed by atoms with Gasteiger partial charge in [-0.25, -0.2) is 9.97 Å². The minimum atomic E-state index is -0.228. The fourth-order valence-corrected chi connectivity index (χ4v) is 2.92. The first-order valence-electron chi connectivity index (χ1n) is 8.62. The molecular formula is C18H20N4O4. The fraction of sp³-hybridized carbons (Fsp3) is 0.389. The van der Waals surface area contributed by atoms with Crippen molar-refractivity contribution < 1.29 is 19.0 Å². The third-order valence-electron chi connectivity index (χ3n) is 4.32. The van der Waals surface area contributed by atoms with Crippen LogP contribution in [0.4, 0.5) is 5.82 Å². The standard InChI is InChI=1S/C18H20N4O4/c23-18(20-9-13-2-1-5-24-13)14-7-17(22-10-21-14)19-8-12-3-4-15-16(6-12)26-11-25-15/h3-4,6-7,10,13H,1-2,5,8-9,11H2,(H,20,23)(H,19,21,22). The maximum Gasteiger partial charge on any atom is 0.270 e. The lowest BCUT2D eigenvalue weighted by molar-refractivity contribution is 0.0853. The molecule has 0 saturated carbocycles. The number of rotatable bonds is 6. The molecule has 1 fully saturated rings. The molecule has 1 saturated heterocycles. The largest absolute Gasteiger partial charge is 0.454 e. The first-order chi connectivity index (χ1) is 12.8. The second-order valence-corrected chi connectivity index (χ2v) is 6.17. The van der Waals surface area contributed by atoms with Crippen molar-refractivity contribution in [1.82, 2.24) is 15.3 Å². The number of hydrogen-bond donors (Lipinski definition) is 2. The van der Waals surface area contributed by atoms with Crippen LogP contribution in [0, 0.1) is 0 Å². The van der Waals surface area contributed by atoms with E-state index >= 15 is 0 Å². The number of anilines is 1.